The molecule has 1 aliphatic rings. The maximum Gasteiger partial charge on any atom is 0.511 e. The number of likely N-dealkylation sites (tertiary alicyclic amines) is 1. The van der Waals surface area contributed by atoms with Crippen molar-refractivity contribution >= 4 is 55.4 Å². The van der Waals surface area contributed by atoms with Gasteiger partial charge in [-0.25, -0.2) is 4.79 Å². The highest BCUT2D eigenvalue weighted by atomic mass is 79.9. The SMILES string of the molecule is C[N+](CCOC(=O)OCOC(=O)CCC[N+]1(Cc2ccc([N+](=O)[O-])cc2)CCCCC1)(Cc1ccc([N+](=O)[O-])cc1)Cc1ccc(Br)cc1Br. The molecule has 1 heterocycles. The fourth-order valence-corrected chi connectivity index (χ4v) is 7.53. The highest BCUT2D eigenvalue weighted by molar-refractivity contribution is 9.11. The van der Waals surface area contributed by atoms with E-state index in [2.05, 4.69) is 31.9 Å². The summed E-state index contributed by atoms with van der Waals surface area (Å²) in [6.45, 7) is 4.45. The molecule has 1 aliphatic heterocycles. The van der Waals surface area contributed by atoms with E-state index in [0.717, 1.165) is 75.6 Å². The number of non-ortho nitro benzene ring substituents is 2. The Morgan fingerprint density at radius 1 is 0.820 bits per heavy atom. The number of nitro benzene ring substituents is 2. The van der Waals surface area contributed by atoms with Gasteiger partial charge >= 0.3 is 12.1 Å². The summed E-state index contributed by atoms with van der Waals surface area (Å²) in [6, 6.07) is 19.0. The Kier molecular flexibility index (Phi) is 14.3. The summed E-state index contributed by atoms with van der Waals surface area (Å²) in [6.07, 6.45) is 3.15. The van der Waals surface area contributed by atoms with E-state index in [9.17, 15) is 29.8 Å². The van der Waals surface area contributed by atoms with Gasteiger partial charge in [-0.2, -0.15) is 0 Å². The van der Waals surface area contributed by atoms with Gasteiger partial charge in [-0.1, -0.05) is 37.9 Å². The second kappa shape index (κ2) is 18.4. The quantitative estimate of drug-likeness (QED) is 0.0437. The smallest absolute Gasteiger partial charge is 0.428 e. The van der Waals surface area contributed by atoms with Crippen molar-refractivity contribution in [1.82, 2.24) is 0 Å². The summed E-state index contributed by atoms with van der Waals surface area (Å²) in [4.78, 5) is 46.1. The highest BCUT2D eigenvalue weighted by Gasteiger charge is 2.30. The molecule has 268 valence electrons. The normalized spacial score (nSPS) is 15.0. The fraction of sp³-hybridized carbons (Fsp3) is 0.429. The first kappa shape index (κ1) is 38.9. The summed E-state index contributed by atoms with van der Waals surface area (Å²) in [5.41, 5.74) is 3.03. The summed E-state index contributed by atoms with van der Waals surface area (Å²) < 4.78 is 18.6. The minimum atomic E-state index is -0.953. The summed E-state index contributed by atoms with van der Waals surface area (Å²) >= 11 is 7.09. The average molecular weight is 823 g/mol. The molecule has 0 spiro atoms. The van der Waals surface area contributed by atoms with E-state index in [1.165, 1.54) is 24.3 Å². The van der Waals surface area contributed by atoms with Gasteiger partial charge in [-0.15, -0.1) is 0 Å². The number of nitro groups is 2. The maximum absolute atomic E-state index is 12.5. The lowest BCUT2D eigenvalue weighted by Gasteiger charge is -2.41. The summed E-state index contributed by atoms with van der Waals surface area (Å²) in [7, 11) is 2.01. The van der Waals surface area contributed by atoms with Crippen molar-refractivity contribution in [3.8, 4) is 0 Å². The molecule has 0 aliphatic carbocycles. The van der Waals surface area contributed by atoms with Crippen LogP contribution < -0.4 is 0 Å². The van der Waals surface area contributed by atoms with Crippen molar-refractivity contribution in [2.45, 2.75) is 51.7 Å². The number of ether oxygens (including phenoxy) is 3. The zero-order chi connectivity index (χ0) is 36.1. The lowest BCUT2D eigenvalue weighted by atomic mass is 10.0. The number of piperidine rings is 1. The van der Waals surface area contributed by atoms with Crippen LogP contribution in [0.3, 0.4) is 0 Å². The van der Waals surface area contributed by atoms with Crippen LogP contribution in [0.2, 0.25) is 0 Å². The number of hydrogen-bond acceptors (Lipinski definition) is 9. The molecule has 13 nitrogen and oxygen atoms in total. The third-order valence-corrected chi connectivity index (χ3v) is 10.2. The third-order valence-electron chi connectivity index (χ3n) is 8.97. The van der Waals surface area contributed by atoms with Crippen molar-refractivity contribution in [2.24, 2.45) is 0 Å². The number of carbonyl (C=O) groups excluding carboxylic acids is 2. The van der Waals surface area contributed by atoms with Gasteiger partial charge < -0.3 is 23.2 Å². The fourth-order valence-electron chi connectivity index (χ4n) is 6.36. The number of nitrogens with zero attached hydrogens (tertiary/aromatic N) is 4. The molecule has 1 fully saturated rings. The minimum absolute atomic E-state index is 0.0115. The zero-order valence-electron chi connectivity index (χ0n) is 28.0. The number of quaternary nitrogens is 2. The first-order chi connectivity index (χ1) is 23.9. The molecule has 1 unspecified atom stereocenters. The van der Waals surface area contributed by atoms with E-state index >= 15 is 0 Å². The van der Waals surface area contributed by atoms with Gasteiger partial charge in [0.15, 0.2) is 0 Å². The number of benzene rings is 3. The van der Waals surface area contributed by atoms with Crippen LogP contribution in [-0.2, 0) is 38.6 Å². The Labute approximate surface area is 307 Å². The Morgan fingerprint density at radius 3 is 2.04 bits per heavy atom. The molecule has 1 saturated heterocycles. The van der Waals surface area contributed by atoms with Crippen LogP contribution in [0.1, 0.15) is 48.8 Å². The maximum atomic E-state index is 12.5. The van der Waals surface area contributed by atoms with Crippen molar-refractivity contribution in [3.63, 3.8) is 0 Å². The Hall–Kier alpha value is -3.92. The third kappa shape index (κ3) is 12.1. The summed E-state index contributed by atoms with van der Waals surface area (Å²) in [5, 5.41) is 22.1. The first-order valence-electron chi connectivity index (χ1n) is 16.4. The molecule has 1 atom stereocenters. The molecule has 0 amide bonds. The number of hydrogen-bond donors (Lipinski definition) is 0. The molecule has 0 N–H and O–H groups in total. The van der Waals surface area contributed by atoms with E-state index in [1.807, 2.05) is 25.2 Å². The van der Waals surface area contributed by atoms with E-state index < -0.39 is 28.8 Å². The standard InChI is InChI=1S/C35H42Br2N4O9/c1-40(25-29-11-12-30(36)22-33(29)37,23-27-7-13-31(14-8-27)38(44)45)20-21-48-35(43)50-26-49-34(42)6-5-19-41(17-3-2-4-18-41)24-28-9-15-32(16-10-28)39(46)47/h7-16,22H,2-6,17-21,23-26H2,1H3/q+2. The average Bonchev–Trinajstić information content (AvgIpc) is 3.07. The monoisotopic (exact) mass is 820 g/mol. The number of rotatable bonds is 17. The predicted octanol–water partition coefficient (Wildman–Crippen LogP) is 7.81. The molecule has 3 aromatic carbocycles. The molecule has 3 aromatic rings. The molecule has 15 heteroatoms. The second-order valence-electron chi connectivity index (χ2n) is 13.0. The lowest BCUT2D eigenvalue weighted by molar-refractivity contribution is -0.945. The zero-order valence-corrected chi connectivity index (χ0v) is 31.1. The largest absolute Gasteiger partial charge is 0.511 e. The number of carbonyl (C=O) groups is 2. The van der Waals surface area contributed by atoms with Crippen molar-refractivity contribution in [2.75, 3.05) is 46.6 Å². The lowest BCUT2D eigenvalue weighted by Crippen LogP contribution is -2.51. The topological polar surface area (TPSA) is 148 Å². The predicted molar refractivity (Wildman–Crippen MR) is 192 cm³/mol. The highest BCUT2D eigenvalue weighted by Crippen LogP contribution is 2.28. The van der Waals surface area contributed by atoms with E-state index in [-0.39, 0.29) is 24.4 Å². The molecule has 50 heavy (non-hydrogen) atoms. The molecule has 0 bridgehead atoms. The van der Waals surface area contributed by atoms with Gasteiger partial charge in [-0.3, -0.25) is 25.0 Å². The molecule has 0 radical (unpaired) electrons. The second-order valence-corrected chi connectivity index (χ2v) is 14.7. The van der Waals surface area contributed by atoms with Crippen LogP contribution in [-0.4, -0.2) is 77.6 Å². The molecule has 4 rings (SSSR count). The summed E-state index contributed by atoms with van der Waals surface area (Å²) in [5.74, 6) is -0.476. The van der Waals surface area contributed by atoms with E-state index in [4.69, 9.17) is 14.2 Å². The van der Waals surface area contributed by atoms with Crippen LogP contribution in [0.5, 0.6) is 0 Å². The van der Waals surface area contributed by atoms with Gasteiger partial charge in [0.25, 0.3) is 11.4 Å². The molecule has 0 aromatic heterocycles. The van der Waals surface area contributed by atoms with Gasteiger partial charge in [0, 0.05) is 56.3 Å². The number of likely N-dealkylation sites (N-methyl/N-ethyl adjacent to an activating group) is 1. The first-order valence-corrected chi connectivity index (χ1v) is 18.0. The molecule has 0 saturated carbocycles. The van der Waals surface area contributed by atoms with E-state index in [0.29, 0.717) is 30.5 Å². The van der Waals surface area contributed by atoms with Crippen molar-refractivity contribution in [3.05, 3.63) is 113 Å². The Bertz CT molecular complexity index is 1630. The number of halogens is 2. The van der Waals surface area contributed by atoms with Gasteiger partial charge in [0.05, 0.1) is 42.9 Å². The molecular weight excluding hydrogens is 780 g/mol. The van der Waals surface area contributed by atoms with Crippen LogP contribution in [0.4, 0.5) is 16.2 Å². The molecular formula is C35H42Br2N4O9+2. The van der Waals surface area contributed by atoms with Crippen LogP contribution in [0.15, 0.2) is 75.7 Å². The van der Waals surface area contributed by atoms with Gasteiger partial charge in [0.1, 0.15) is 32.8 Å². The van der Waals surface area contributed by atoms with Crippen molar-refractivity contribution < 1.29 is 42.6 Å². The number of esters is 1. The van der Waals surface area contributed by atoms with Gasteiger partial charge in [0.2, 0.25) is 6.79 Å². The van der Waals surface area contributed by atoms with Crippen LogP contribution in [0.25, 0.3) is 0 Å². The van der Waals surface area contributed by atoms with Crippen molar-refractivity contribution in [1.29, 1.82) is 0 Å². The minimum Gasteiger partial charge on any atom is -0.428 e. The van der Waals surface area contributed by atoms with Crippen LogP contribution in [0, 0.1) is 20.2 Å². The Morgan fingerprint density at radius 2 is 1.44 bits per heavy atom. The Balaban J connectivity index is 1.22. The van der Waals surface area contributed by atoms with Crippen LogP contribution >= 0.6 is 31.9 Å². The van der Waals surface area contributed by atoms with E-state index in [1.54, 1.807) is 24.3 Å². The van der Waals surface area contributed by atoms with Gasteiger partial charge in [-0.05, 0) is 55.7 Å².